The van der Waals surface area contributed by atoms with Crippen LogP contribution in [0.4, 0.5) is 0 Å². The van der Waals surface area contributed by atoms with Crippen LogP contribution >= 0.6 is 0 Å². The first-order chi connectivity index (χ1) is 10.6. The third-order valence-electron chi connectivity index (χ3n) is 5.03. The first kappa shape index (κ1) is 17.3. The first-order valence-corrected chi connectivity index (χ1v) is 8.65. The molecule has 1 aliphatic carbocycles. The van der Waals surface area contributed by atoms with Gasteiger partial charge in [-0.15, -0.1) is 0 Å². The van der Waals surface area contributed by atoms with Gasteiger partial charge in [-0.1, -0.05) is 19.8 Å². The molecule has 5 heteroatoms. The Bertz CT molecular complexity index is 379. The van der Waals surface area contributed by atoms with Gasteiger partial charge in [0.05, 0.1) is 6.42 Å². The van der Waals surface area contributed by atoms with Gasteiger partial charge in [0.2, 0.25) is 5.91 Å². The Morgan fingerprint density at radius 3 is 2.55 bits per heavy atom. The van der Waals surface area contributed by atoms with E-state index in [4.69, 9.17) is 9.84 Å². The summed E-state index contributed by atoms with van der Waals surface area (Å²) in [4.78, 5) is 25.4. The van der Waals surface area contributed by atoms with Crippen LogP contribution in [0.3, 0.4) is 0 Å². The Hall–Kier alpha value is -1.10. The predicted molar refractivity (Wildman–Crippen MR) is 83.5 cm³/mol. The summed E-state index contributed by atoms with van der Waals surface area (Å²) >= 11 is 0. The molecule has 1 saturated carbocycles. The molecule has 1 heterocycles. The minimum atomic E-state index is -0.837. The molecule has 0 aromatic heterocycles. The van der Waals surface area contributed by atoms with E-state index in [2.05, 4.69) is 6.92 Å². The van der Waals surface area contributed by atoms with Gasteiger partial charge in [0.1, 0.15) is 0 Å². The number of carbonyl (C=O) groups excluding carboxylic acids is 1. The summed E-state index contributed by atoms with van der Waals surface area (Å²) in [7, 11) is 0. The van der Waals surface area contributed by atoms with Crippen LogP contribution in [0, 0.1) is 11.8 Å². The number of hydrogen-bond donors (Lipinski definition) is 1. The SMILES string of the molecule is C[C@H]1CCC[C@@H](CC(=O)N(CCC(=O)O)C2CCOCC2)C1. The Morgan fingerprint density at radius 1 is 1.18 bits per heavy atom. The van der Waals surface area contributed by atoms with Gasteiger partial charge in [0.15, 0.2) is 0 Å². The number of aliphatic carboxylic acids is 1. The zero-order valence-electron chi connectivity index (χ0n) is 13.6. The van der Waals surface area contributed by atoms with E-state index in [0.717, 1.165) is 25.7 Å². The van der Waals surface area contributed by atoms with Crippen molar-refractivity contribution in [3.8, 4) is 0 Å². The number of amides is 1. The smallest absolute Gasteiger partial charge is 0.305 e. The summed E-state index contributed by atoms with van der Waals surface area (Å²) in [5, 5.41) is 8.94. The lowest BCUT2D eigenvalue weighted by molar-refractivity contribution is -0.140. The maximum absolute atomic E-state index is 12.7. The second-order valence-corrected chi connectivity index (χ2v) is 6.92. The van der Waals surface area contributed by atoms with Crippen molar-refractivity contribution in [2.24, 2.45) is 11.8 Å². The van der Waals surface area contributed by atoms with Crippen LogP contribution < -0.4 is 0 Å². The quantitative estimate of drug-likeness (QED) is 0.819. The molecule has 2 fully saturated rings. The maximum Gasteiger partial charge on any atom is 0.305 e. The number of nitrogens with zero attached hydrogens (tertiary/aromatic N) is 1. The monoisotopic (exact) mass is 311 g/mol. The fourth-order valence-corrected chi connectivity index (χ4v) is 3.83. The van der Waals surface area contributed by atoms with Crippen LogP contribution in [0.5, 0.6) is 0 Å². The van der Waals surface area contributed by atoms with Gasteiger partial charge in [0, 0.05) is 32.2 Å². The maximum atomic E-state index is 12.7. The zero-order valence-corrected chi connectivity index (χ0v) is 13.6. The van der Waals surface area contributed by atoms with E-state index in [1.54, 1.807) is 0 Å². The molecule has 2 aliphatic rings. The lowest BCUT2D eigenvalue weighted by Crippen LogP contribution is -2.45. The van der Waals surface area contributed by atoms with Gasteiger partial charge < -0.3 is 14.7 Å². The number of ether oxygens (including phenoxy) is 1. The molecule has 1 saturated heterocycles. The number of hydrogen-bond acceptors (Lipinski definition) is 3. The lowest BCUT2D eigenvalue weighted by atomic mass is 9.80. The summed E-state index contributed by atoms with van der Waals surface area (Å²) in [6, 6.07) is 0.154. The molecular weight excluding hydrogens is 282 g/mol. The van der Waals surface area contributed by atoms with Gasteiger partial charge in [-0.3, -0.25) is 9.59 Å². The van der Waals surface area contributed by atoms with Crippen LogP contribution in [-0.4, -0.2) is 47.7 Å². The number of carboxylic acids is 1. The topological polar surface area (TPSA) is 66.8 Å². The van der Waals surface area contributed by atoms with Crippen molar-refractivity contribution in [1.82, 2.24) is 4.90 Å². The highest BCUT2D eigenvalue weighted by molar-refractivity contribution is 5.77. The largest absolute Gasteiger partial charge is 0.481 e. The molecule has 126 valence electrons. The van der Waals surface area contributed by atoms with E-state index in [0.29, 0.717) is 38.0 Å². The third-order valence-corrected chi connectivity index (χ3v) is 5.03. The molecule has 1 amide bonds. The zero-order chi connectivity index (χ0) is 15.9. The van der Waals surface area contributed by atoms with Crippen LogP contribution in [0.25, 0.3) is 0 Å². The minimum absolute atomic E-state index is 0.0319. The molecule has 5 nitrogen and oxygen atoms in total. The number of carboxylic acid groups (broad SMARTS) is 1. The average Bonchev–Trinajstić information content (AvgIpc) is 2.48. The third kappa shape index (κ3) is 5.27. The normalized spacial score (nSPS) is 26.6. The Balaban J connectivity index is 1.93. The van der Waals surface area contributed by atoms with Gasteiger partial charge in [-0.05, 0) is 37.5 Å². The molecule has 1 N–H and O–H groups in total. The van der Waals surface area contributed by atoms with E-state index < -0.39 is 5.97 Å². The summed E-state index contributed by atoms with van der Waals surface area (Å²) in [5.74, 6) is 0.494. The van der Waals surface area contributed by atoms with Gasteiger partial charge >= 0.3 is 5.97 Å². The highest BCUT2D eigenvalue weighted by Crippen LogP contribution is 2.31. The predicted octanol–water partition coefficient (Wildman–Crippen LogP) is 2.69. The Kier molecular flexibility index (Phi) is 6.68. The van der Waals surface area contributed by atoms with Crippen molar-refractivity contribution in [2.75, 3.05) is 19.8 Å². The lowest BCUT2D eigenvalue weighted by Gasteiger charge is -2.36. The van der Waals surface area contributed by atoms with Crippen LogP contribution in [0.2, 0.25) is 0 Å². The molecular formula is C17H29NO4. The van der Waals surface area contributed by atoms with E-state index in [1.165, 1.54) is 12.8 Å². The molecule has 0 radical (unpaired) electrons. The van der Waals surface area contributed by atoms with Crippen LogP contribution in [-0.2, 0) is 14.3 Å². The molecule has 0 aromatic rings. The van der Waals surface area contributed by atoms with Crippen molar-refractivity contribution in [1.29, 1.82) is 0 Å². The fourth-order valence-electron chi connectivity index (χ4n) is 3.83. The standard InChI is InChI=1S/C17H29NO4/c1-13-3-2-4-14(11-13)12-16(19)18(8-5-17(20)21)15-6-9-22-10-7-15/h13-15H,2-12H2,1H3,(H,20,21)/t13-,14+/m0/s1. The van der Waals surface area contributed by atoms with Crippen molar-refractivity contribution in [2.45, 2.75) is 64.3 Å². The second kappa shape index (κ2) is 8.51. The summed E-state index contributed by atoms with van der Waals surface area (Å²) in [6.45, 7) is 3.93. The summed E-state index contributed by atoms with van der Waals surface area (Å²) < 4.78 is 5.36. The van der Waals surface area contributed by atoms with Crippen molar-refractivity contribution < 1.29 is 19.4 Å². The van der Waals surface area contributed by atoms with E-state index >= 15 is 0 Å². The number of carbonyl (C=O) groups is 2. The number of rotatable bonds is 6. The molecule has 2 atom stereocenters. The molecule has 0 spiro atoms. The molecule has 0 bridgehead atoms. The van der Waals surface area contributed by atoms with Crippen molar-refractivity contribution in [3.63, 3.8) is 0 Å². The first-order valence-electron chi connectivity index (χ1n) is 8.65. The minimum Gasteiger partial charge on any atom is -0.481 e. The van der Waals surface area contributed by atoms with E-state index in [-0.39, 0.29) is 18.4 Å². The molecule has 2 rings (SSSR count). The Morgan fingerprint density at radius 2 is 1.91 bits per heavy atom. The van der Waals surface area contributed by atoms with Crippen LogP contribution in [0.15, 0.2) is 0 Å². The average molecular weight is 311 g/mol. The molecule has 0 aromatic carbocycles. The Labute approximate surface area is 133 Å². The molecule has 1 aliphatic heterocycles. The second-order valence-electron chi connectivity index (χ2n) is 6.92. The van der Waals surface area contributed by atoms with Crippen LogP contribution in [0.1, 0.15) is 58.3 Å². The molecule has 22 heavy (non-hydrogen) atoms. The summed E-state index contributed by atoms with van der Waals surface area (Å²) in [6.07, 6.45) is 7.02. The highest BCUT2D eigenvalue weighted by atomic mass is 16.5. The summed E-state index contributed by atoms with van der Waals surface area (Å²) in [5.41, 5.74) is 0. The highest BCUT2D eigenvalue weighted by Gasteiger charge is 2.29. The van der Waals surface area contributed by atoms with Gasteiger partial charge in [0.25, 0.3) is 0 Å². The van der Waals surface area contributed by atoms with Crippen molar-refractivity contribution >= 4 is 11.9 Å². The van der Waals surface area contributed by atoms with Gasteiger partial charge in [-0.2, -0.15) is 0 Å². The van der Waals surface area contributed by atoms with Crippen molar-refractivity contribution in [3.05, 3.63) is 0 Å². The van der Waals surface area contributed by atoms with E-state index in [1.807, 2.05) is 4.90 Å². The van der Waals surface area contributed by atoms with E-state index in [9.17, 15) is 9.59 Å². The molecule has 0 unspecified atom stereocenters. The fraction of sp³-hybridized carbons (Fsp3) is 0.882. The van der Waals surface area contributed by atoms with Gasteiger partial charge in [-0.25, -0.2) is 0 Å².